The summed E-state index contributed by atoms with van der Waals surface area (Å²) in [7, 11) is 0. The molecule has 0 saturated heterocycles. The van der Waals surface area contributed by atoms with E-state index in [-0.39, 0.29) is 5.91 Å². The summed E-state index contributed by atoms with van der Waals surface area (Å²) in [5, 5.41) is 14.3. The number of anilines is 1. The van der Waals surface area contributed by atoms with Crippen LogP contribution in [0.5, 0.6) is 0 Å². The van der Waals surface area contributed by atoms with Gasteiger partial charge >= 0.3 is 0 Å². The molecule has 0 aliphatic carbocycles. The lowest BCUT2D eigenvalue weighted by atomic mass is 10.0. The SMILES string of the molecule is Cc1cc2nn(-c3ccc(C(C)C)cc3)nc2cc1NC(=O)c1cccc2c(Br)cccc12. The van der Waals surface area contributed by atoms with Gasteiger partial charge in [0.1, 0.15) is 11.0 Å². The number of hydrogen-bond donors (Lipinski definition) is 1. The van der Waals surface area contributed by atoms with E-state index >= 15 is 0 Å². The molecule has 1 amide bonds. The van der Waals surface area contributed by atoms with Crippen LogP contribution in [0, 0.1) is 6.92 Å². The van der Waals surface area contributed by atoms with Crippen LogP contribution in [0.4, 0.5) is 5.69 Å². The van der Waals surface area contributed by atoms with E-state index in [1.54, 1.807) is 4.80 Å². The number of rotatable bonds is 4. The van der Waals surface area contributed by atoms with Crippen molar-refractivity contribution in [3.63, 3.8) is 0 Å². The Labute approximate surface area is 200 Å². The van der Waals surface area contributed by atoms with Gasteiger partial charge in [-0.25, -0.2) is 0 Å². The van der Waals surface area contributed by atoms with E-state index in [0.29, 0.717) is 11.5 Å². The summed E-state index contributed by atoms with van der Waals surface area (Å²) in [6.07, 6.45) is 0. The number of fused-ring (bicyclic) bond motifs is 2. The van der Waals surface area contributed by atoms with E-state index in [0.717, 1.165) is 43.2 Å². The molecule has 0 aliphatic heterocycles. The van der Waals surface area contributed by atoms with Gasteiger partial charge < -0.3 is 5.32 Å². The molecule has 1 aromatic heterocycles. The van der Waals surface area contributed by atoms with Gasteiger partial charge in [0, 0.05) is 15.7 Å². The maximum Gasteiger partial charge on any atom is 0.256 e. The number of carbonyl (C=O) groups is 1. The molecule has 1 N–H and O–H groups in total. The highest BCUT2D eigenvalue weighted by Crippen LogP contribution is 2.28. The molecule has 0 saturated carbocycles. The highest BCUT2D eigenvalue weighted by atomic mass is 79.9. The normalized spacial score (nSPS) is 11.4. The molecule has 0 bridgehead atoms. The van der Waals surface area contributed by atoms with Gasteiger partial charge in [0.15, 0.2) is 0 Å². The molecule has 0 unspecified atom stereocenters. The fourth-order valence-electron chi connectivity index (χ4n) is 3.97. The topological polar surface area (TPSA) is 59.8 Å². The van der Waals surface area contributed by atoms with Crippen LogP contribution in [0.1, 0.15) is 41.3 Å². The molecule has 5 aromatic rings. The molecular formula is C27H23BrN4O. The van der Waals surface area contributed by atoms with Gasteiger partial charge in [0.25, 0.3) is 5.91 Å². The summed E-state index contributed by atoms with van der Waals surface area (Å²) in [4.78, 5) is 14.8. The third-order valence-corrected chi connectivity index (χ3v) is 6.57. The van der Waals surface area contributed by atoms with E-state index in [4.69, 9.17) is 0 Å². The monoisotopic (exact) mass is 498 g/mol. The van der Waals surface area contributed by atoms with Crippen molar-refractivity contribution in [2.45, 2.75) is 26.7 Å². The predicted octanol–water partition coefficient (Wildman–Crippen LogP) is 7.02. The Balaban J connectivity index is 1.47. The fraction of sp³-hybridized carbons (Fsp3) is 0.148. The van der Waals surface area contributed by atoms with Crippen molar-refractivity contribution in [2.24, 2.45) is 0 Å². The van der Waals surface area contributed by atoms with E-state index in [1.165, 1.54) is 5.56 Å². The number of nitrogens with one attached hydrogen (secondary N) is 1. The first-order valence-corrected chi connectivity index (χ1v) is 11.7. The Kier molecular flexibility index (Phi) is 5.46. The molecule has 6 heteroatoms. The Morgan fingerprint density at radius 3 is 2.30 bits per heavy atom. The Bertz CT molecular complexity index is 1500. The number of benzene rings is 4. The average Bonchev–Trinajstić information content (AvgIpc) is 3.22. The van der Waals surface area contributed by atoms with Gasteiger partial charge in [-0.1, -0.05) is 66.2 Å². The molecule has 0 fully saturated rings. The Morgan fingerprint density at radius 1 is 0.909 bits per heavy atom. The van der Waals surface area contributed by atoms with E-state index in [1.807, 2.05) is 67.6 Å². The lowest BCUT2D eigenvalue weighted by Crippen LogP contribution is -2.13. The summed E-state index contributed by atoms with van der Waals surface area (Å²) in [6.45, 7) is 6.31. The molecule has 164 valence electrons. The zero-order valence-corrected chi connectivity index (χ0v) is 20.2. The van der Waals surface area contributed by atoms with E-state index in [2.05, 4.69) is 57.4 Å². The minimum Gasteiger partial charge on any atom is -0.322 e. The zero-order valence-electron chi connectivity index (χ0n) is 18.6. The largest absolute Gasteiger partial charge is 0.322 e. The zero-order chi connectivity index (χ0) is 23.1. The first-order valence-electron chi connectivity index (χ1n) is 10.9. The van der Waals surface area contributed by atoms with Crippen LogP contribution >= 0.6 is 15.9 Å². The molecule has 5 nitrogen and oxygen atoms in total. The highest BCUT2D eigenvalue weighted by molar-refractivity contribution is 9.10. The molecule has 0 spiro atoms. The standard InChI is InChI=1S/C27H23BrN4O/c1-16(2)18-10-12-19(13-11-18)32-30-25-14-17(3)24(15-26(25)31-32)29-27(33)22-8-4-7-21-20(22)6-5-9-23(21)28/h4-16H,1-3H3,(H,29,33). The third-order valence-electron chi connectivity index (χ3n) is 5.88. The number of halogens is 1. The van der Waals surface area contributed by atoms with Crippen molar-refractivity contribution in [1.29, 1.82) is 0 Å². The van der Waals surface area contributed by atoms with Gasteiger partial charge in [0.2, 0.25) is 0 Å². The van der Waals surface area contributed by atoms with Crippen LogP contribution in [0.2, 0.25) is 0 Å². The van der Waals surface area contributed by atoms with Crippen molar-refractivity contribution < 1.29 is 4.79 Å². The summed E-state index contributed by atoms with van der Waals surface area (Å²) in [6, 6.07) is 23.7. The molecular weight excluding hydrogens is 476 g/mol. The summed E-state index contributed by atoms with van der Waals surface area (Å²) in [5.41, 5.74) is 5.97. The molecule has 0 atom stereocenters. The lowest BCUT2D eigenvalue weighted by molar-refractivity contribution is 0.102. The summed E-state index contributed by atoms with van der Waals surface area (Å²) < 4.78 is 0.963. The van der Waals surface area contributed by atoms with Gasteiger partial charge in [0.05, 0.1) is 5.69 Å². The second-order valence-electron chi connectivity index (χ2n) is 8.49. The van der Waals surface area contributed by atoms with Crippen LogP contribution in [0.15, 0.2) is 77.3 Å². The number of hydrogen-bond acceptors (Lipinski definition) is 3. The molecule has 0 aliphatic rings. The number of aryl methyl sites for hydroxylation is 1. The number of carbonyl (C=O) groups excluding carboxylic acids is 1. The van der Waals surface area contributed by atoms with Crippen molar-refractivity contribution in [2.75, 3.05) is 5.32 Å². The summed E-state index contributed by atoms with van der Waals surface area (Å²) >= 11 is 3.57. The number of aromatic nitrogens is 3. The molecule has 5 rings (SSSR count). The average molecular weight is 499 g/mol. The van der Waals surface area contributed by atoms with Crippen LogP contribution in [-0.2, 0) is 0 Å². The maximum absolute atomic E-state index is 13.2. The van der Waals surface area contributed by atoms with Crippen LogP contribution in [0.25, 0.3) is 27.5 Å². The first-order chi connectivity index (χ1) is 15.9. The summed E-state index contributed by atoms with van der Waals surface area (Å²) in [5.74, 6) is 0.318. The number of amides is 1. The van der Waals surface area contributed by atoms with E-state index in [9.17, 15) is 4.79 Å². The molecule has 1 heterocycles. The van der Waals surface area contributed by atoms with Crippen LogP contribution in [-0.4, -0.2) is 20.9 Å². The van der Waals surface area contributed by atoms with E-state index < -0.39 is 0 Å². The highest BCUT2D eigenvalue weighted by Gasteiger charge is 2.14. The van der Waals surface area contributed by atoms with Crippen molar-refractivity contribution in [3.05, 3.63) is 94.0 Å². The van der Waals surface area contributed by atoms with Gasteiger partial charge in [-0.2, -0.15) is 4.80 Å². The smallest absolute Gasteiger partial charge is 0.256 e. The minimum absolute atomic E-state index is 0.155. The molecule has 0 radical (unpaired) electrons. The van der Waals surface area contributed by atoms with Crippen molar-refractivity contribution >= 4 is 49.3 Å². The second kappa shape index (κ2) is 8.45. The first kappa shape index (κ1) is 21.3. The third kappa shape index (κ3) is 4.02. The minimum atomic E-state index is -0.155. The fourth-order valence-corrected chi connectivity index (χ4v) is 4.47. The van der Waals surface area contributed by atoms with Crippen molar-refractivity contribution in [1.82, 2.24) is 15.0 Å². The Morgan fingerprint density at radius 2 is 1.58 bits per heavy atom. The van der Waals surface area contributed by atoms with Gasteiger partial charge in [-0.05, 0) is 71.1 Å². The van der Waals surface area contributed by atoms with Crippen LogP contribution < -0.4 is 5.32 Å². The lowest BCUT2D eigenvalue weighted by Gasteiger charge is -2.11. The predicted molar refractivity (Wildman–Crippen MR) is 137 cm³/mol. The van der Waals surface area contributed by atoms with Gasteiger partial charge in [-0.3, -0.25) is 4.79 Å². The second-order valence-corrected chi connectivity index (χ2v) is 9.34. The maximum atomic E-state index is 13.2. The quantitative estimate of drug-likeness (QED) is 0.289. The number of nitrogens with zero attached hydrogens (tertiary/aromatic N) is 3. The molecule has 4 aromatic carbocycles. The Hall–Kier alpha value is -3.51. The van der Waals surface area contributed by atoms with Crippen molar-refractivity contribution in [3.8, 4) is 5.69 Å². The molecule has 33 heavy (non-hydrogen) atoms. The van der Waals surface area contributed by atoms with Gasteiger partial charge in [-0.15, -0.1) is 10.2 Å². The van der Waals surface area contributed by atoms with Crippen LogP contribution in [0.3, 0.4) is 0 Å².